The summed E-state index contributed by atoms with van der Waals surface area (Å²) in [4.78, 5) is 28.1. The van der Waals surface area contributed by atoms with Gasteiger partial charge in [0.25, 0.3) is 11.8 Å². The summed E-state index contributed by atoms with van der Waals surface area (Å²) in [6, 6.07) is 18.8. The molecule has 4 rings (SSSR count). The number of aryl methyl sites for hydroxylation is 2. The van der Waals surface area contributed by atoms with E-state index in [1.54, 1.807) is 36.4 Å². The summed E-state index contributed by atoms with van der Waals surface area (Å²) in [6.45, 7) is 6.42. The van der Waals surface area contributed by atoms with E-state index < -0.39 is 5.91 Å². The molecule has 3 aromatic rings. The van der Waals surface area contributed by atoms with Crippen molar-refractivity contribution in [2.24, 2.45) is 0 Å². The standard InChI is InChI=1S/C27H25FN2O3/c1-4-33-22-12-10-21(11-13-22)29-25-24(23-14-5-17(2)15-18(23)3)26(31)30(27(25)32)16-19-6-8-20(28)9-7-19/h5-15,29H,4,16H2,1-3H3. The lowest BCUT2D eigenvalue weighted by atomic mass is 9.97. The van der Waals surface area contributed by atoms with Gasteiger partial charge < -0.3 is 10.1 Å². The third-order valence-electron chi connectivity index (χ3n) is 5.51. The van der Waals surface area contributed by atoms with E-state index in [0.29, 0.717) is 29.0 Å². The first kappa shape index (κ1) is 22.3. The minimum atomic E-state index is -0.423. The molecule has 3 aromatic carbocycles. The van der Waals surface area contributed by atoms with Crippen LogP contribution in [0, 0.1) is 19.7 Å². The fraction of sp³-hybridized carbons (Fsp3) is 0.185. The van der Waals surface area contributed by atoms with Crippen molar-refractivity contribution in [1.29, 1.82) is 0 Å². The molecule has 1 aliphatic heterocycles. The number of halogens is 1. The van der Waals surface area contributed by atoms with Crippen molar-refractivity contribution in [3.05, 3.63) is 100 Å². The van der Waals surface area contributed by atoms with E-state index in [9.17, 15) is 14.0 Å². The van der Waals surface area contributed by atoms with E-state index in [0.717, 1.165) is 16.9 Å². The van der Waals surface area contributed by atoms with Crippen LogP contribution in [-0.4, -0.2) is 23.3 Å². The third-order valence-corrected chi connectivity index (χ3v) is 5.51. The quantitative estimate of drug-likeness (QED) is 0.507. The van der Waals surface area contributed by atoms with Gasteiger partial charge in [-0.25, -0.2) is 4.39 Å². The molecule has 168 valence electrons. The monoisotopic (exact) mass is 444 g/mol. The maximum absolute atomic E-state index is 13.5. The SMILES string of the molecule is CCOc1ccc(NC2=C(c3ccc(C)cc3C)C(=O)N(Cc3ccc(F)cc3)C2=O)cc1. The average Bonchev–Trinajstić information content (AvgIpc) is 3.01. The number of imide groups is 1. The minimum absolute atomic E-state index is 0.0564. The molecule has 2 amide bonds. The lowest BCUT2D eigenvalue weighted by molar-refractivity contribution is -0.137. The zero-order valence-corrected chi connectivity index (χ0v) is 18.8. The van der Waals surface area contributed by atoms with E-state index in [2.05, 4.69) is 5.32 Å². The highest BCUT2D eigenvalue weighted by Crippen LogP contribution is 2.33. The summed E-state index contributed by atoms with van der Waals surface area (Å²) in [6.07, 6.45) is 0. The number of benzene rings is 3. The molecular formula is C27H25FN2O3. The van der Waals surface area contributed by atoms with Gasteiger partial charge in [0.2, 0.25) is 0 Å². The second-order valence-electron chi connectivity index (χ2n) is 7.97. The normalized spacial score (nSPS) is 13.6. The van der Waals surface area contributed by atoms with Crippen LogP contribution in [-0.2, 0) is 16.1 Å². The number of hydrogen-bond acceptors (Lipinski definition) is 4. The first-order chi connectivity index (χ1) is 15.9. The van der Waals surface area contributed by atoms with Crippen LogP contribution in [0.4, 0.5) is 10.1 Å². The Balaban J connectivity index is 1.72. The fourth-order valence-corrected chi connectivity index (χ4v) is 3.90. The summed E-state index contributed by atoms with van der Waals surface area (Å²) in [5.41, 5.74) is 4.56. The highest BCUT2D eigenvalue weighted by atomic mass is 19.1. The van der Waals surface area contributed by atoms with Gasteiger partial charge in [-0.15, -0.1) is 0 Å². The Hall–Kier alpha value is -3.93. The van der Waals surface area contributed by atoms with Crippen molar-refractivity contribution < 1.29 is 18.7 Å². The van der Waals surface area contributed by atoms with Crippen LogP contribution in [0.15, 0.2) is 72.4 Å². The number of carbonyl (C=O) groups is 2. The van der Waals surface area contributed by atoms with Gasteiger partial charge in [-0.3, -0.25) is 14.5 Å². The predicted octanol–water partition coefficient (Wildman–Crippen LogP) is 5.23. The molecular weight excluding hydrogens is 419 g/mol. The van der Waals surface area contributed by atoms with Crippen molar-refractivity contribution in [1.82, 2.24) is 4.90 Å². The van der Waals surface area contributed by atoms with Gasteiger partial charge >= 0.3 is 0 Å². The van der Waals surface area contributed by atoms with Gasteiger partial charge in [-0.2, -0.15) is 0 Å². The van der Waals surface area contributed by atoms with E-state index in [-0.39, 0.29) is 24.0 Å². The number of rotatable bonds is 7. The summed E-state index contributed by atoms with van der Waals surface area (Å²) in [5.74, 6) is -0.457. The molecule has 0 atom stereocenters. The highest BCUT2D eigenvalue weighted by Gasteiger charge is 2.39. The van der Waals surface area contributed by atoms with Crippen molar-refractivity contribution in [2.45, 2.75) is 27.3 Å². The van der Waals surface area contributed by atoms with Crippen molar-refractivity contribution in [3.63, 3.8) is 0 Å². The lowest BCUT2D eigenvalue weighted by Gasteiger charge is -2.15. The smallest absolute Gasteiger partial charge is 0.278 e. The van der Waals surface area contributed by atoms with E-state index in [4.69, 9.17) is 4.74 Å². The summed E-state index contributed by atoms with van der Waals surface area (Å²) < 4.78 is 18.8. The molecule has 0 fully saturated rings. The van der Waals surface area contributed by atoms with Crippen LogP contribution in [0.2, 0.25) is 0 Å². The van der Waals surface area contributed by atoms with Gasteiger partial charge in [-0.1, -0.05) is 35.9 Å². The van der Waals surface area contributed by atoms with Crippen molar-refractivity contribution in [3.8, 4) is 5.75 Å². The zero-order chi connectivity index (χ0) is 23.5. The molecule has 0 unspecified atom stereocenters. The van der Waals surface area contributed by atoms with E-state index in [1.165, 1.54) is 17.0 Å². The second kappa shape index (κ2) is 9.28. The number of hydrogen-bond donors (Lipinski definition) is 1. The molecule has 1 N–H and O–H groups in total. The van der Waals surface area contributed by atoms with Crippen LogP contribution >= 0.6 is 0 Å². The van der Waals surface area contributed by atoms with Crippen LogP contribution < -0.4 is 10.1 Å². The van der Waals surface area contributed by atoms with E-state index >= 15 is 0 Å². The van der Waals surface area contributed by atoms with Gasteiger partial charge in [0.15, 0.2) is 0 Å². The molecule has 0 saturated heterocycles. The van der Waals surface area contributed by atoms with Crippen LogP contribution in [0.3, 0.4) is 0 Å². The Kier molecular flexibility index (Phi) is 6.27. The minimum Gasteiger partial charge on any atom is -0.494 e. The number of nitrogens with one attached hydrogen (secondary N) is 1. The van der Waals surface area contributed by atoms with Gasteiger partial charge in [0, 0.05) is 5.69 Å². The number of carbonyl (C=O) groups excluding carboxylic acids is 2. The topological polar surface area (TPSA) is 58.6 Å². The fourth-order valence-electron chi connectivity index (χ4n) is 3.90. The molecule has 1 aliphatic rings. The average molecular weight is 445 g/mol. The Labute approximate surface area is 192 Å². The largest absolute Gasteiger partial charge is 0.494 e. The Morgan fingerprint density at radius 3 is 2.24 bits per heavy atom. The number of nitrogens with zero attached hydrogens (tertiary/aromatic N) is 1. The maximum Gasteiger partial charge on any atom is 0.278 e. The number of amides is 2. The zero-order valence-electron chi connectivity index (χ0n) is 18.8. The summed E-state index contributed by atoms with van der Waals surface area (Å²) in [7, 11) is 0. The molecule has 5 nitrogen and oxygen atoms in total. The van der Waals surface area contributed by atoms with E-state index in [1.807, 2.05) is 39.0 Å². The summed E-state index contributed by atoms with van der Waals surface area (Å²) >= 11 is 0. The molecule has 33 heavy (non-hydrogen) atoms. The number of ether oxygens (including phenoxy) is 1. The van der Waals surface area contributed by atoms with Gasteiger partial charge in [0.1, 0.15) is 17.3 Å². The Morgan fingerprint density at radius 2 is 1.61 bits per heavy atom. The number of anilines is 1. The molecule has 0 aromatic heterocycles. The predicted molar refractivity (Wildman–Crippen MR) is 126 cm³/mol. The molecule has 0 bridgehead atoms. The van der Waals surface area contributed by atoms with Crippen molar-refractivity contribution >= 4 is 23.1 Å². The third kappa shape index (κ3) is 4.65. The van der Waals surface area contributed by atoms with Crippen LogP contribution in [0.1, 0.15) is 29.2 Å². The first-order valence-electron chi connectivity index (χ1n) is 10.8. The van der Waals surface area contributed by atoms with Gasteiger partial charge in [0.05, 0.1) is 18.7 Å². The molecule has 6 heteroatoms. The highest BCUT2D eigenvalue weighted by molar-refractivity contribution is 6.36. The molecule has 0 saturated carbocycles. The van der Waals surface area contributed by atoms with Gasteiger partial charge in [-0.05, 0) is 73.9 Å². The lowest BCUT2D eigenvalue weighted by Crippen LogP contribution is -2.32. The second-order valence-corrected chi connectivity index (χ2v) is 7.97. The first-order valence-corrected chi connectivity index (χ1v) is 10.8. The molecule has 1 heterocycles. The molecule has 0 radical (unpaired) electrons. The van der Waals surface area contributed by atoms with Crippen molar-refractivity contribution in [2.75, 3.05) is 11.9 Å². The molecule has 0 aliphatic carbocycles. The summed E-state index contributed by atoms with van der Waals surface area (Å²) in [5, 5.41) is 3.16. The Morgan fingerprint density at radius 1 is 0.909 bits per heavy atom. The van der Waals surface area contributed by atoms with Crippen LogP contribution in [0.5, 0.6) is 5.75 Å². The van der Waals surface area contributed by atoms with Crippen LogP contribution in [0.25, 0.3) is 5.57 Å². The molecule has 0 spiro atoms. The maximum atomic E-state index is 13.5. The Bertz CT molecular complexity index is 1230.